The molecule has 0 radical (unpaired) electrons. The summed E-state index contributed by atoms with van der Waals surface area (Å²) in [6, 6.07) is 11.9. The molecular formula is C23H23ClN4O4S2. The van der Waals surface area contributed by atoms with E-state index < -0.39 is 16.0 Å². The molecule has 1 N–H and O–H groups in total. The molecule has 2 heterocycles. The smallest absolute Gasteiger partial charge is 0.355 e. The normalized spacial score (nSPS) is 11.9. The summed E-state index contributed by atoms with van der Waals surface area (Å²) in [5.41, 5.74) is 4.02. The van der Waals surface area contributed by atoms with Crippen LogP contribution in [0.2, 0.25) is 5.02 Å². The number of nitrogens with zero attached hydrogens (tertiary/aromatic N) is 3. The first-order valence-corrected chi connectivity index (χ1v) is 13.1. The van der Waals surface area contributed by atoms with Crippen molar-refractivity contribution in [3.63, 3.8) is 0 Å². The Hall–Kier alpha value is -2.79. The Morgan fingerprint density at radius 2 is 1.85 bits per heavy atom. The van der Waals surface area contributed by atoms with E-state index in [4.69, 9.17) is 16.3 Å². The number of benzene rings is 2. The minimum Gasteiger partial charge on any atom is -0.461 e. The van der Waals surface area contributed by atoms with Gasteiger partial charge < -0.3 is 9.72 Å². The molecule has 0 aliphatic heterocycles. The highest BCUT2D eigenvalue weighted by Crippen LogP contribution is 2.29. The number of fused-ring (bicyclic) bond motifs is 1. The number of ether oxygens (including phenoxy) is 1. The molecule has 0 aliphatic rings. The van der Waals surface area contributed by atoms with E-state index in [1.807, 2.05) is 6.92 Å². The molecule has 0 amide bonds. The second-order valence-electron chi connectivity index (χ2n) is 7.74. The predicted molar refractivity (Wildman–Crippen MR) is 132 cm³/mol. The van der Waals surface area contributed by atoms with E-state index >= 15 is 0 Å². The van der Waals surface area contributed by atoms with Crippen LogP contribution in [0.25, 0.3) is 11.0 Å². The van der Waals surface area contributed by atoms with Crippen molar-refractivity contribution >= 4 is 50.4 Å². The number of aromatic amines is 1. The number of carbonyl (C=O) groups excluding carboxylic acids is 1. The van der Waals surface area contributed by atoms with Crippen LogP contribution < -0.4 is 0 Å². The molecule has 8 nitrogen and oxygen atoms in total. The van der Waals surface area contributed by atoms with Gasteiger partial charge in [0.05, 0.1) is 18.3 Å². The summed E-state index contributed by atoms with van der Waals surface area (Å²) in [5, 5.41) is 0.563. The summed E-state index contributed by atoms with van der Waals surface area (Å²) >= 11 is 6.99. The Labute approximate surface area is 206 Å². The average Bonchev–Trinajstić information content (AvgIpc) is 3.39. The van der Waals surface area contributed by atoms with Crippen LogP contribution in [0.4, 0.5) is 0 Å². The molecule has 0 unspecified atom stereocenters. The number of halogens is 1. The summed E-state index contributed by atoms with van der Waals surface area (Å²) in [6.45, 7) is 5.72. The Morgan fingerprint density at radius 1 is 1.12 bits per heavy atom. The second-order valence-corrected chi connectivity index (χ2v) is 10.6. The number of rotatable bonds is 8. The van der Waals surface area contributed by atoms with E-state index in [0.29, 0.717) is 38.6 Å². The maximum Gasteiger partial charge on any atom is 0.355 e. The largest absolute Gasteiger partial charge is 0.461 e. The van der Waals surface area contributed by atoms with Crippen LogP contribution in [0, 0.1) is 13.8 Å². The summed E-state index contributed by atoms with van der Waals surface area (Å²) in [6.07, 6.45) is 0. The van der Waals surface area contributed by atoms with E-state index in [-0.39, 0.29) is 24.6 Å². The first-order valence-electron chi connectivity index (χ1n) is 10.5. The Morgan fingerprint density at radius 3 is 2.56 bits per heavy atom. The van der Waals surface area contributed by atoms with Crippen LogP contribution >= 0.6 is 23.3 Å². The fourth-order valence-electron chi connectivity index (χ4n) is 3.76. The van der Waals surface area contributed by atoms with Crippen molar-refractivity contribution in [3.8, 4) is 0 Å². The van der Waals surface area contributed by atoms with Gasteiger partial charge in [0.2, 0.25) is 10.0 Å². The molecule has 0 spiro atoms. The third-order valence-electron chi connectivity index (χ3n) is 5.55. The lowest BCUT2D eigenvalue weighted by molar-refractivity contribution is 0.0519. The van der Waals surface area contributed by atoms with Crippen LogP contribution in [-0.4, -0.2) is 39.0 Å². The van der Waals surface area contributed by atoms with Crippen LogP contribution in [0.1, 0.15) is 39.8 Å². The maximum absolute atomic E-state index is 13.9. The van der Waals surface area contributed by atoms with Gasteiger partial charge in [-0.05, 0) is 61.7 Å². The number of aryl methyl sites for hydroxylation is 1. The number of carbonyl (C=O) groups is 1. The minimum atomic E-state index is -3.98. The molecule has 0 aliphatic carbocycles. The van der Waals surface area contributed by atoms with Crippen molar-refractivity contribution in [3.05, 3.63) is 75.6 Å². The maximum atomic E-state index is 13.9. The van der Waals surface area contributed by atoms with Gasteiger partial charge in [-0.1, -0.05) is 29.8 Å². The van der Waals surface area contributed by atoms with Crippen molar-refractivity contribution in [1.82, 2.24) is 18.0 Å². The SMILES string of the molecule is CCOC(=O)c1[nH]c(C)c(CN(Cc2ccc(Cl)cc2)S(=O)(=O)c2cccc3nsnc23)c1C. The van der Waals surface area contributed by atoms with Gasteiger partial charge in [0.25, 0.3) is 0 Å². The second kappa shape index (κ2) is 9.83. The van der Waals surface area contributed by atoms with Crippen LogP contribution in [-0.2, 0) is 27.8 Å². The van der Waals surface area contributed by atoms with Crippen molar-refractivity contribution in [2.24, 2.45) is 0 Å². The molecule has 34 heavy (non-hydrogen) atoms. The summed E-state index contributed by atoms with van der Waals surface area (Å²) in [7, 11) is -3.98. The van der Waals surface area contributed by atoms with Crippen LogP contribution in [0.5, 0.6) is 0 Å². The van der Waals surface area contributed by atoms with E-state index in [1.165, 1.54) is 10.4 Å². The molecule has 0 atom stereocenters. The predicted octanol–water partition coefficient (Wildman–Crippen LogP) is 4.86. The van der Waals surface area contributed by atoms with E-state index in [1.54, 1.807) is 50.2 Å². The third-order valence-corrected chi connectivity index (χ3v) is 8.16. The fraction of sp³-hybridized carbons (Fsp3) is 0.261. The minimum absolute atomic E-state index is 0.0481. The van der Waals surface area contributed by atoms with Gasteiger partial charge in [-0.15, -0.1) is 0 Å². The Balaban J connectivity index is 1.79. The van der Waals surface area contributed by atoms with Crippen molar-refractivity contribution < 1.29 is 17.9 Å². The van der Waals surface area contributed by atoms with E-state index in [2.05, 4.69) is 13.7 Å². The molecule has 4 rings (SSSR count). The first-order chi connectivity index (χ1) is 16.2. The van der Waals surface area contributed by atoms with Gasteiger partial charge in [0.1, 0.15) is 21.6 Å². The van der Waals surface area contributed by atoms with Crippen LogP contribution in [0.3, 0.4) is 0 Å². The molecule has 0 fully saturated rings. The Kier molecular flexibility index (Phi) is 7.04. The quantitative estimate of drug-likeness (QED) is 0.334. The highest BCUT2D eigenvalue weighted by Gasteiger charge is 2.30. The zero-order valence-electron chi connectivity index (χ0n) is 18.8. The van der Waals surface area contributed by atoms with E-state index in [9.17, 15) is 13.2 Å². The van der Waals surface area contributed by atoms with Crippen LogP contribution in [0.15, 0.2) is 47.4 Å². The van der Waals surface area contributed by atoms with Gasteiger partial charge in [-0.25, -0.2) is 13.2 Å². The zero-order valence-corrected chi connectivity index (χ0v) is 21.2. The first kappa shape index (κ1) is 24.3. The zero-order chi connectivity index (χ0) is 24.5. The highest BCUT2D eigenvalue weighted by molar-refractivity contribution is 7.89. The molecule has 0 saturated carbocycles. The molecule has 178 valence electrons. The lowest BCUT2D eigenvalue weighted by atomic mass is 10.1. The number of hydrogen-bond acceptors (Lipinski definition) is 7. The van der Waals surface area contributed by atoms with Gasteiger partial charge >= 0.3 is 5.97 Å². The monoisotopic (exact) mass is 518 g/mol. The molecule has 11 heteroatoms. The lowest BCUT2D eigenvalue weighted by Crippen LogP contribution is -2.31. The number of aromatic nitrogens is 3. The van der Waals surface area contributed by atoms with Crippen molar-refractivity contribution in [2.75, 3.05) is 6.61 Å². The molecular weight excluding hydrogens is 496 g/mol. The lowest BCUT2D eigenvalue weighted by Gasteiger charge is -2.23. The topological polar surface area (TPSA) is 105 Å². The van der Waals surface area contributed by atoms with E-state index in [0.717, 1.165) is 17.3 Å². The standard InChI is InChI=1S/C23H23ClN4O4S2/c1-4-32-23(29)21-14(2)18(15(3)25-21)13-28(12-16-8-10-17(24)11-9-16)34(30,31)20-7-5-6-19-22(20)27-33-26-19/h5-11,25H,4,12-13H2,1-3H3. The fourth-order valence-corrected chi connectivity index (χ4v) is 6.03. The highest BCUT2D eigenvalue weighted by atomic mass is 35.5. The molecule has 4 aromatic rings. The third kappa shape index (κ3) is 4.72. The van der Waals surface area contributed by atoms with Gasteiger partial charge in [0.15, 0.2) is 0 Å². The van der Waals surface area contributed by atoms with Gasteiger partial charge in [0, 0.05) is 23.8 Å². The van der Waals surface area contributed by atoms with Crippen molar-refractivity contribution in [1.29, 1.82) is 0 Å². The summed E-state index contributed by atoms with van der Waals surface area (Å²) in [4.78, 5) is 15.5. The number of hydrogen-bond donors (Lipinski definition) is 1. The van der Waals surface area contributed by atoms with Gasteiger partial charge in [-0.3, -0.25) is 0 Å². The number of sulfonamides is 1. The summed E-state index contributed by atoms with van der Waals surface area (Å²) < 4.78 is 42.7. The summed E-state index contributed by atoms with van der Waals surface area (Å²) in [5.74, 6) is -0.472. The number of esters is 1. The number of H-pyrrole nitrogens is 1. The number of nitrogens with one attached hydrogen (secondary N) is 1. The average molecular weight is 519 g/mol. The molecule has 2 aromatic carbocycles. The molecule has 2 aromatic heterocycles. The van der Waals surface area contributed by atoms with Gasteiger partial charge in [-0.2, -0.15) is 13.1 Å². The molecule has 0 bridgehead atoms. The van der Waals surface area contributed by atoms with Crippen molar-refractivity contribution in [2.45, 2.75) is 38.8 Å². The Bertz CT molecular complexity index is 1450. The molecule has 0 saturated heterocycles.